The van der Waals surface area contributed by atoms with E-state index < -0.39 is 0 Å². The van der Waals surface area contributed by atoms with E-state index in [0.29, 0.717) is 0 Å². The van der Waals surface area contributed by atoms with Gasteiger partial charge in [-0.1, -0.05) is 30.0 Å². The molecular formula is C19H20N2OS2. The fourth-order valence-corrected chi connectivity index (χ4v) is 3.29. The van der Waals surface area contributed by atoms with Gasteiger partial charge in [0.1, 0.15) is 5.75 Å². The van der Waals surface area contributed by atoms with Gasteiger partial charge in [0.05, 0.1) is 12.3 Å². The summed E-state index contributed by atoms with van der Waals surface area (Å²) in [4.78, 5) is 8.82. The number of ether oxygens (including phenoxy) is 1. The number of aromatic nitrogens is 2. The van der Waals surface area contributed by atoms with Crippen molar-refractivity contribution in [2.45, 2.75) is 11.6 Å². The van der Waals surface area contributed by atoms with Crippen LogP contribution in [0.4, 0.5) is 0 Å². The van der Waals surface area contributed by atoms with Crippen LogP contribution in [-0.2, 0) is 0 Å². The minimum Gasteiger partial charge on any atom is -0.493 e. The van der Waals surface area contributed by atoms with Gasteiger partial charge in [-0.15, -0.1) is 0 Å². The molecule has 0 radical (unpaired) electrons. The van der Waals surface area contributed by atoms with E-state index in [1.807, 2.05) is 42.4 Å². The molecule has 0 fully saturated rings. The summed E-state index contributed by atoms with van der Waals surface area (Å²) in [6, 6.07) is 14.5. The minimum atomic E-state index is 0.755. The molecule has 0 saturated carbocycles. The molecule has 24 heavy (non-hydrogen) atoms. The van der Waals surface area contributed by atoms with Crippen LogP contribution in [0, 0.1) is 0 Å². The zero-order chi connectivity index (χ0) is 16.8. The molecule has 2 aromatic carbocycles. The third-order valence-electron chi connectivity index (χ3n) is 3.70. The van der Waals surface area contributed by atoms with Gasteiger partial charge >= 0.3 is 0 Å². The average molecular weight is 357 g/mol. The summed E-state index contributed by atoms with van der Waals surface area (Å²) in [7, 11) is 0. The quantitative estimate of drug-likeness (QED) is 0.332. The number of hydrogen-bond donors (Lipinski definition) is 0. The second-order valence-electron chi connectivity index (χ2n) is 5.32. The Bertz CT molecular complexity index is 823. The molecule has 0 spiro atoms. The molecule has 0 aliphatic rings. The molecule has 1 heterocycles. The first-order valence-corrected chi connectivity index (χ1v) is 10.5. The van der Waals surface area contributed by atoms with Gasteiger partial charge in [0.15, 0.2) is 5.16 Å². The fourth-order valence-electron chi connectivity index (χ4n) is 2.52. The van der Waals surface area contributed by atoms with Crippen LogP contribution in [0.3, 0.4) is 0 Å². The predicted octanol–water partition coefficient (Wildman–Crippen LogP) is 5.15. The van der Waals surface area contributed by atoms with Gasteiger partial charge in [0.25, 0.3) is 0 Å². The SMILES string of the molecule is CSCCCOc1cccc2cc(-c3ccnc(SC)n3)ccc12. The number of hydrogen-bond acceptors (Lipinski definition) is 5. The highest BCUT2D eigenvalue weighted by atomic mass is 32.2. The molecule has 3 rings (SSSR count). The average Bonchev–Trinajstić information content (AvgIpc) is 2.65. The molecule has 0 N–H and O–H groups in total. The Kier molecular flexibility index (Phi) is 5.99. The summed E-state index contributed by atoms with van der Waals surface area (Å²) >= 11 is 3.40. The van der Waals surface area contributed by atoms with Crippen LogP contribution in [0.1, 0.15) is 6.42 Å². The first-order valence-electron chi connectivity index (χ1n) is 7.84. The van der Waals surface area contributed by atoms with E-state index in [4.69, 9.17) is 4.74 Å². The van der Waals surface area contributed by atoms with E-state index >= 15 is 0 Å². The maximum absolute atomic E-state index is 5.96. The summed E-state index contributed by atoms with van der Waals surface area (Å²) in [6.07, 6.45) is 6.98. The maximum Gasteiger partial charge on any atom is 0.187 e. The van der Waals surface area contributed by atoms with Crippen molar-refractivity contribution < 1.29 is 4.74 Å². The van der Waals surface area contributed by atoms with Gasteiger partial charge in [0.2, 0.25) is 0 Å². The molecule has 3 nitrogen and oxygen atoms in total. The van der Waals surface area contributed by atoms with Crippen molar-refractivity contribution in [1.82, 2.24) is 9.97 Å². The van der Waals surface area contributed by atoms with Crippen molar-refractivity contribution in [1.29, 1.82) is 0 Å². The monoisotopic (exact) mass is 356 g/mol. The van der Waals surface area contributed by atoms with Crippen molar-refractivity contribution in [3.8, 4) is 17.0 Å². The van der Waals surface area contributed by atoms with Crippen LogP contribution < -0.4 is 4.74 Å². The van der Waals surface area contributed by atoms with E-state index in [0.717, 1.165) is 46.3 Å². The number of fused-ring (bicyclic) bond motifs is 1. The Morgan fingerprint density at radius 3 is 2.83 bits per heavy atom. The van der Waals surface area contributed by atoms with Gasteiger partial charge in [-0.2, -0.15) is 11.8 Å². The van der Waals surface area contributed by atoms with Crippen molar-refractivity contribution in [3.63, 3.8) is 0 Å². The first kappa shape index (κ1) is 17.1. The van der Waals surface area contributed by atoms with Gasteiger partial charge < -0.3 is 4.74 Å². The minimum absolute atomic E-state index is 0.755. The highest BCUT2D eigenvalue weighted by Crippen LogP contribution is 2.30. The second kappa shape index (κ2) is 8.40. The second-order valence-corrected chi connectivity index (χ2v) is 7.07. The molecule has 1 aromatic heterocycles. The van der Waals surface area contributed by atoms with Crippen molar-refractivity contribution in [2.75, 3.05) is 24.9 Å². The summed E-state index contributed by atoms with van der Waals surface area (Å²) in [5.74, 6) is 2.08. The Morgan fingerprint density at radius 1 is 1.08 bits per heavy atom. The molecule has 0 saturated heterocycles. The van der Waals surface area contributed by atoms with Crippen molar-refractivity contribution >= 4 is 34.3 Å². The molecule has 0 atom stereocenters. The van der Waals surface area contributed by atoms with E-state index in [9.17, 15) is 0 Å². The Morgan fingerprint density at radius 2 is 2.00 bits per heavy atom. The van der Waals surface area contributed by atoms with Crippen LogP contribution >= 0.6 is 23.5 Å². The van der Waals surface area contributed by atoms with E-state index in [2.05, 4.69) is 40.5 Å². The largest absolute Gasteiger partial charge is 0.493 e. The third-order valence-corrected chi connectivity index (χ3v) is 4.96. The number of rotatable bonds is 7. The summed E-state index contributed by atoms with van der Waals surface area (Å²) in [6.45, 7) is 0.755. The van der Waals surface area contributed by atoms with Gasteiger partial charge in [-0.05, 0) is 54.3 Å². The lowest BCUT2D eigenvalue weighted by Gasteiger charge is -2.10. The van der Waals surface area contributed by atoms with E-state index in [1.165, 1.54) is 5.39 Å². The van der Waals surface area contributed by atoms with Crippen LogP contribution in [0.2, 0.25) is 0 Å². The first-order chi connectivity index (χ1) is 11.8. The number of benzene rings is 2. The zero-order valence-corrected chi connectivity index (χ0v) is 15.5. The molecule has 0 aliphatic carbocycles. The number of thioether (sulfide) groups is 2. The fraction of sp³-hybridized carbons (Fsp3) is 0.263. The van der Waals surface area contributed by atoms with Crippen molar-refractivity contribution in [3.05, 3.63) is 48.7 Å². The van der Waals surface area contributed by atoms with Crippen LogP contribution in [0.15, 0.2) is 53.8 Å². The summed E-state index contributed by atoms with van der Waals surface area (Å²) in [5, 5.41) is 3.10. The molecule has 124 valence electrons. The normalized spacial score (nSPS) is 10.9. The lowest BCUT2D eigenvalue weighted by molar-refractivity contribution is 0.322. The topological polar surface area (TPSA) is 35.0 Å². The highest BCUT2D eigenvalue weighted by Gasteiger charge is 2.06. The van der Waals surface area contributed by atoms with E-state index in [-0.39, 0.29) is 0 Å². The van der Waals surface area contributed by atoms with Gasteiger partial charge in [-0.3, -0.25) is 0 Å². The smallest absolute Gasteiger partial charge is 0.187 e. The van der Waals surface area contributed by atoms with E-state index in [1.54, 1.807) is 11.8 Å². The Hall–Kier alpha value is -1.72. The molecule has 3 aromatic rings. The molecule has 0 amide bonds. The Labute approximate surface area is 151 Å². The highest BCUT2D eigenvalue weighted by molar-refractivity contribution is 7.98. The lowest BCUT2D eigenvalue weighted by atomic mass is 10.0. The van der Waals surface area contributed by atoms with Crippen LogP contribution in [0.25, 0.3) is 22.0 Å². The maximum atomic E-state index is 5.96. The molecule has 0 unspecified atom stereocenters. The van der Waals surface area contributed by atoms with Crippen LogP contribution in [0.5, 0.6) is 5.75 Å². The molecule has 5 heteroatoms. The zero-order valence-electron chi connectivity index (χ0n) is 13.9. The van der Waals surface area contributed by atoms with Gasteiger partial charge in [-0.25, -0.2) is 9.97 Å². The lowest BCUT2D eigenvalue weighted by Crippen LogP contribution is -1.99. The molecule has 0 aliphatic heterocycles. The summed E-state index contributed by atoms with van der Waals surface area (Å²) < 4.78 is 5.96. The number of nitrogens with zero attached hydrogens (tertiary/aromatic N) is 2. The summed E-state index contributed by atoms with van der Waals surface area (Å²) in [5.41, 5.74) is 2.04. The third kappa shape index (κ3) is 4.02. The van der Waals surface area contributed by atoms with Gasteiger partial charge in [0, 0.05) is 17.1 Å². The Balaban J connectivity index is 1.88. The predicted molar refractivity (Wildman–Crippen MR) is 105 cm³/mol. The molecule has 0 bridgehead atoms. The molecular weight excluding hydrogens is 336 g/mol. The standard InChI is InChI=1S/C19H20N2OS2/c1-23-12-4-11-22-18-6-3-5-14-13-15(7-8-16(14)18)17-9-10-20-19(21-17)24-2/h3,5-10,13H,4,11-12H2,1-2H3. The van der Waals surface area contributed by atoms with Crippen molar-refractivity contribution in [2.24, 2.45) is 0 Å². The van der Waals surface area contributed by atoms with Crippen LogP contribution in [-0.4, -0.2) is 34.8 Å².